The van der Waals surface area contributed by atoms with E-state index in [0.29, 0.717) is 0 Å². The Morgan fingerprint density at radius 1 is 1.17 bits per heavy atom. The van der Waals surface area contributed by atoms with Gasteiger partial charge in [-0.15, -0.1) is 0 Å². The largest absolute Gasteiger partial charge is 0.465 e. The van der Waals surface area contributed by atoms with Crippen molar-refractivity contribution in [3.63, 3.8) is 0 Å². The molecule has 0 saturated heterocycles. The minimum Gasteiger partial charge on any atom is -0.465 e. The van der Waals surface area contributed by atoms with Gasteiger partial charge in [-0.2, -0.15) is 13.2 Å². The quantitative estimate of drug-likeness (QED) is 0.754. The first-order chi connectivity index (χ1) is 8.05. The maximum Gasteiger partial charge on any atom is 0.404 e. The van der Waals surface area contributed by atoms with E-state index in [4.69, 9.17) is 10.5 Å². The van der Waals surface area contributed by atoms with Crippen LogP contribution < -0.4 is 5.73 Å². The van der Waals surface area contributed by atoms with Crippen molar-refractivity contribution < 1.29 is 22.7 Å². The summed E-state index contributed by atoms with van der Waals surface area (Å²) in [5, 5.41) is 0. The average Bonchev–Trinajstić information content (AvgIpc) is 2.19. The number of hydrogen-bond donors (Lipinski definition) is 1. The smallest absolute Gasteiger partial charge is 0.404 e. The molecule has 0 fully saturated rings. The molecule has 0 aromatic heterocycles. The molecule has 0 radical (unpaired) electrons. The summed E-state index contributed by atoms with van der Waals surface area (Å²) >= 11 is 0. The number of rotatable bonds is 6. The van der Waals surface area contributed by atoms with Crippen molar-refractivity contribution in [1.29, 1.82) is 0 Å². The maximum atomic E-state index is 12.6. The lowest BCUT2D eigenvalue weighted by atomic mass is 9.90. The van der Waals surface area contributed by atoms with Crippen molar-refractivity contribution in [2.75, 3.05) is 6.61 Å². The summed E-state index contributed by atoms with van der Waals surface area (Å²) in [4.78, 5) is 11.7. The van der Waals surface area contributed by atoms with Crippen molar-refractivity contribution >= 4 is 5.97 Å². The Morgan fingerprint density at radius 3 is 2.00 bits per heavy atom. The number of esters is 1. The van der Waals surface area contributed by atoms with Gasteiger partial charge in [0.25, 0.3) is 0 Å². The van der Waals surface area contributed by atoms with Crippen molar-refractivity contribution in [1.82, 2.24) is 0 Å². The Balaban J connectivity index is 4.72. The molecule has 2 N–H and O–H groups in total. The summed E-state index contributed by atoms with van der Waals surface area (Å²) in [6.45, 7) is 7.22. The summed E-state index contributed by atoms with van der Waals surface area (Å²) in [6, 6.07) is -2.17. The Labute approximate surface area is 106 Å². The van der Waals surface area contributed by atoms with Gasteiger partial charge in [0.1, 0.15) is 6.04 Å². The molecule has 6 heteroatoms. The Bertz CT molecular complexity index is 265. The van der Waals surface area contributed by atoms with Crippen LogP contribution in [0.4, 0.5) is 13.2 Å². The first kappa shape index (κ1) is 17.2. The second kappa shape index (κ2) is 6.97. The molecule has 2 atom stereocenters. The van der Waals surface area contributed by atoms with Crippen LogP contribution >= 0.6 is 0 Å². The van der Waals surface area contributed by atoms with Crippen LogP contribution in [0.5, 0.6) is 0 Å². The van der Waals surface area contributed by atoms with Crippen LogP contribution in [0.15, 0.2) is 0 Å². The summed E-state index contributed by atoms with van der Waals surface area (Å²) in [6.07, 6.45) is -4.52. The van der Waals surface area contributed by atoms with Gasteiger partial charge in [0.2, 0.25) is 0 Å². The third kappa shape index (κ3) is 6.23. The summed E-state index contributed by atoms with van der Waals surface area (Å²) in [7, 11) is 0. The van der Waals surface area contributed by atoms with Gasteiger partial charge in [-0.05, 0) is 18.3 Å². The lowest BCUT2D eigenvalue weighted by Crippen LogP contribution is -2.48. The van der Waals surface area contributed by atoms with Gasteiger partial charge in [0, 0.05) is 0 Å². The van der Waals surface area contributed by atoms with E-state index >= 15 is 0 Å². The van der Waals surface area contributed by atoms with Crippen molar-refractivity contribution in [3.05, 3.63) is 0 Å². The molecule has 0 unspecified atom stereocenters. The molecule has 0 spiro atoms. The number of carbonyl (C=O) groups is 1. The molecule has 0 aliphatic heterocycles. The number of halogens is 3. The standard InChI is InChI=1S/C12H22F3NO2/c1-7(2)5-9(10(16)12(13,14)15)11(17)18-6-8(3)4/h7-10H,5-6,16H2,1-4H3/t9-,10-/m1/s1. The molecule has 0 rings (SSSR count). The van der Waals surface area contributed by atoms with E-state index in [2.05, 4.69) is 0 Å². The van der Waals surface area contributed by atoms with Crippen LogP contribution in [0.1, 0.15) is 34.1 Å². The number of ether oxygens (including phenoxy) is 1. The second-order valence-electron chi connectivity index (χ2n) is 5.33. The summed E-state index contributed by atoms with van der Waals surface area (Å²) in [5.41, 5.74) is 5.12. The fourth-order valence-corrected chi connectivity index (χ4v) is 1.48. The first-order valence-electron chi connectivity index (χ1n) is 6.04. The van der Waals surface area contributed by atoms with Gasteiger partial charge in [0.15, 0.2) is 0 Å². The van der Waals surface area contributed by atoms with E-state index in [9.17, 15) is 18.0 Å². The highest BCUT2D eigenvalue weighted by molar-refractivity contribution is 5.73. The van der Waals surface area contributed by atoms with E-state index in [1.165, 1.54) is 0 Å². The molecule has 0 aliphatic carbocycles. The summed E-state index contributed by atoms with van der Waals surface area (Å²) in [5.74, 6) is -2.17. The van der Waals surface area contributed by atoms with Gasteiger partial charge < -0.3 is 10.5 Å². The normalized spacial score (nSPS) is 15.9. The van der Waals surface area contributed by atoms with E-state index in [-0.39, 0.29) is 24.9 Å². The fourth-order valence-electron chi connectivity index (χ4n) is 1.48. The molecule has 0 aromatic carbocycles. The minimum atomic E-state index is -4.59. The predicted octanol–water partition coefficient (Wildman–Crippen LogP) is 2.74. The molecule has 0 aliphatic rings. The lowest BCUT2D eigenvalue weighted by Gasteiger charge is -2.26. The Hall–Kier alpha value is -0.780. The highest BCUT2D eigenvalue weighted by Gasteiger charge is 2.45. The highest BCUT2D eigenvalue weighted by Crippen LogP contribution is 2.28. The number of hydrogen-bond acceptors (Lipinski definition) is 3. The molecule has 108 valence electrons. The van der Waals surface area contributed by atoms with Crippen LogP contribution in [0.25, 0.3) is 0 Å². The number of nitrogens with two attached hydrogens (primary N) is 1. The topological polar surface area (TPSA) is 52.3 Å². The van der Waals surface area contributed by atoms with E-state index < -0.39 is 24.1 Å². The van der Waals surface area contributed by atoms with Crippen molar-refractivity contribution in [3.8, 4) is 0 Å². The molecule has 18 heavy (non-hydrogen) atoms. The monoisotopic (exact) mass is 269 g/mol. The second-order valence-corrected chi connectivity index (χ2v) is 5.33. The molecule has 0 bridgehead atoms. The van der Waals surface area contributed by atoms with Gasteiger partial charge in [-0.1, -0.05) is 27.7 Å². The first-order valence-corrected chi connectivity index (χ1v) is 6.04. The predicted molar refractivity (Wildman–Crippen MR) is 62.8 cm³/mol. The zero-order valence-electron chi connectivity index (χ0n) is 11.3. The van der Waals surface area contributed by atoms with Gasteiger partial charge in [0.05, 0.1) is 12.5 Å². The number of alkyl halides is 3. The Kier molecular flexibility index (Phi) is 6.67. The molecule has 0 aromatic rings. The maximum absolute atomic E-state index is 12.6. The van der Waals surface area contributed by atoms with E-state index in [1.54, 1.807) is 13.8 Å². The Morgan fingerprint density at radius 2 is 1.67 bits per heavy atom. The molecule has 3 nitrogen and oxygen atoms in total. The zero-order chi connectivity index (χ0) is 14.5. The van der Waals surface area contributed by atoms with Crippen LogP contribution in [-0.4, -0.2) is 24.8 Å². The zero-order valence-corrected chi connectivity index (χ0v) is 11.3. The van der Waals surface area contributed by atoms with Crippen LogP contribution in [0.3, 0.4) is 0 Å². The molecular weight excluding hydrogens is 247 g/mol. The van der Waals surface area contributed by atoms with E-state index in [0.717, 1.165) is 0 Å². The summed E-state index contributed by atoms with van der Waals surface area (Å²) < 4.78 is 42.6. The third-order valence-corrected chi connectivity index (χ3v) is 2.40. The van der Waals surface area contributed by atoms with Gasteiger partial charge in [-0.25, -0.2) is 0 Å². The van der Waals surface area contributed by atoms with Gasteiger partial charge >= 0.3 is 12.1 Å². The van der Waals surface area contributed by atoms with Crippen LogP contribution in [-0.2, 0) is 9.53 Å². The van der Waals surface area contributed by atoms with Crippen molar-refractivity contribution in [2.45, 2.75) is 46.3 Å². The molecule has 0 heterocycles. The van der Waals surface area contributed by atoms with Crippen LogP contribution in [0.2, 0.25) is 0 Å². The van der Waals surface area contributed by atoms with Crippen molar-refractivity contribution in [2.24, 2.45) is 23.5 Å². The number of carbonyl (C=O) groups excluding carboxylic acids is 1. The lowest BCUT2D eigenvalue weighted by molar-refractivity contribution is -0.178. The fraction of sp³-hybridized carbons (Fsp3) is 0.917. The van der Waals surface area contributed by atoms with Gasteiger partial charge in [-0.3, -0.25) is 4.79 Å². The third-order valence-electron chi connectivity index (χ3n) is 2.40. The molecule has 0 saturated carbocycles. The average molecular weight is 269 g/mol. The molecule has 0 amide bonds. The van der Waals surface area contributed by atoms with E-state index in [1.807, 2.05) is 13.8 Å². The minimum absolute atomic E-state index is 0.0602. The molecular formula is C12H22F3NO2. The highest BCUT2D eigenvalue weighted by atomic mass is 19.4. The SMILES string of the molecule is CC(C)COC(=O)[C@H](CC(C)C)[C@@H](N)C(F)(F)F. The van der Waals surface area contributed by atoms with Crippen LogP contribution in [0, 0.1) is 17.8 Å².